The molecular formula is C16H19F3N4OS. The number of piperidine rings is 1. The Labute approximate surface area is 147 Å². The molecular weight excluding hydrogens is 353 g/mol. The summed E-state index contributed by atoms with van der Waals surface area (Å²) in [4.78, 5) is 1.34. The van der Waals surface area contributed by atoms with Crippen molar-refractivity contribution in [1.29, 1.82) is 0 Å². The number of ether oxygens (including phenoxy) is 1. The van der Waals surface area contributed by atoms with Crippen LogP contribution in [-0.2, 0) is 30.2 Å². The number of nitrogens with zero attached hydrogens (tertiary/aromatic N) is 3. The lowest BCUT2D eigenvalue weighted by Gasteiger charge is -2.43. The minimum atomic E-state index is -4.18. The molecule has 9 heteroatoms. The molecule has 0 aliphatic carbocycles. The zero-order valence-corrected chi connectivity index (χ0v) is 14.6. The smallest absolute Gasteiger partial charge is 0.369 e. The summed E-state index contributed by atoms with van der Waals surface area (Å²) in [6.45, 7) is 1.27. The molecule has 1 unspecified atom stereocenters. The van der Waals surface area contributed by atoms with Crippen LogP contribution in [0.2, 0.25) is 0 Å². The summed E-state index contributed by atoms with van der Waals surface area (Å²) in [6, 6.07) is 1.71. The van der Waals surface area contributed by atoms with Crippen molar-refractivity contribution in [2.24, 2.45) is 7.05 Å². The van der Waals surface area contributed by atoms with Gasteiger partial charge in [0.2, 0.25) is 0 Å². The Bertz CT molecular complexity index is 772. The molecule has 2 atom stereocenters. The number of hydrogen-bond acceptors (Lipinski definition) is 5. The van der Waals surface area contributed by atoms with Gasteiger partial charge in [0.25, 0.3) is 0 Å². The summed E-state index contributed by atoms with van der Waals surface area (Å²) >= 11 is 1.26. The van der Waals surface area contributed by atoms with E-state index in [9.17, 15) is 13.2 Å². The van der Waals surface area contributed by atoms with Crippen LogP contribution < -0.4 is 5.32 Å². The Morgan fingerprint density at radius 3 is 3.04 bits per heavy atom. The molecule has 1 fully saturated rings. The van der Waals surface area contributed by atoms with Crippen molar-refractivity contribution in [3.8, 4) is 0 Å². The van der Waals surface area contributed by atoms with E-state index >= 15 is 0 Å². The van der Waals surface area contributed by atoms with Gasteiger partial charge in [-0.25, -0.2) is 0 Å². The molecule has 25 heavy (non-hydrogen) atoms. The average molecular weight is 372 g/mol. The number of halogens is 3. The second-order valence-electron chi connectivity index (χ2n) is 6.73. The molecule has 5 nitrogen and oxygen atoms in total. The highest BCUT2D eigenvalue weighted by molar-refractivity contribution is 7.12. The van der Waals surface area contributed by atoms with Crippen LogP contribution >= 0.6 is 11.3 Å². The van der Waals surface area contributed by atoms with E-state index < -0.39 is 18.2 Å². The Hall–Kier alpha value is -1.45. The molecule has 4 heterocycles. The average Bonchev–Trinajstić information content (AvgIpc) is 3.13. The van der Waals surface area contributed by atoms with Crippen LogP contribution in [0.1, 0.15) is 39.9 Å². The number of rotatable bonds is 2. The first kappa shape index (κ1) is 17.0. The van der Waals surface area contributed by atoms with E-state index in [0.29, 0.717) is 24.3 Å². The largest absolute Gasteiger partial charge is 0.393 e. The Morgan fingerprint density at radius 1 is 1.48 bits per heavy atom. The van der Waals surface area contributed by atoms with Gasteiger partial charge in [-0.3, -0.25) is 4.68 Å². The number of thiophene rings is 1. The van der Waals surface area contributed by atoms with Crippen LogP contribution in [0, 0.1) is 0 Å². The van der Waals surface area contributed by atoms with Crippen molar-refractivity contribution in [3.05, 3.63) is 33.3 Å². The lowest BCUT2D eigenvalue weighted by molar-refractivity contribution is -0.126. The first-order valence-electron chi connectivity index (χ1n) is 8.27. The summed E-state index contributed by atoms with van der Waals surface area (Å²) in [6.07, 6.45) is -1.10. The summed E-state index contributed by atoms with van der Waals surface area (Å²) in [5.41, 5.74) is 1.33. The van der Waals surface area contributed by atoms with E-state index in [2.05, 4.69) is 15.6 Å². The zero-order valence-electron chi connectivity index (χ0n) is 13.8. The zero-order chi connectivity index (χ0) is 17.7. The summed E-state index contributed by atoms with van der Waals surface area (Å²) < 4.78 is 46.1. The molecule has 136 valence electrons. The molecule has 0 radical (unpaired) electrons. The molecule has 2 aromatic rings. The van der Waals surface area contributed by atoms with Crippen LogP contribution in [0.3, 0.4) is 0 Å². The lowest BCUT2D eigenvalue weighted by atomic mass is 9.82. The van der Waals surface area contributed by atoms with E-state index in [-0.39, 0.29) is 6.04 Å². The molecule has 1 spiro atoms. The van der Waals surface area contributed by atoms with Crippen LogP contribution in [0.15, 0.2) is 12.3 Å². The SMILES string of the molecule is Cn1cc([C@@H]2CC3(CCN2)OCCc2cc(CC(F)(F)F)sc23)nn1. The minimum absolute atomic E-state index is 0.0124. The molecule has 2 aromatic heterocycles. The highest BCUT2D eigenvalue weighted by Crippen LogP contribution is 2.48. The van der Waals surface area contributed by atoms with Crippen molar-refractivity contribution in [1.82, 2.24) is 20.3 Å². The Kier molecular flexibility index (Phi) is 4.12. The third-order valence-corrected chi connectivity index (χ3v) is 6.19. The van der Waals surface area contributed by atoms with Crippen molar-refractivity contribution in [2.75, 3.05) is 13.2 Å². The van der Waals surface area contributed by atoms with Crippen LogP contribution in [0.4, 0.5) is 13.2 Å². The summed E-state index contributed by atoms with van der Waals surface area (Å²) in [5.74, 6) is 0. The quantitative estimate of drug-likeness (QED) is 0.881. The predicted octanol–water partition coefficient (Wildman–Crippen LogP) is 2.87. The third-order valence-electron chi connectivity index (χ3n) is 4.83. The van der Waals surface area contributed by atoms with E-state index in [1.165, 1.54) is 11.3 Å². The maximum Gasteiger partial charge on any atom is 0.393 e. The highest BCUT2D eigenvalue weighted by Gasteiger charge is 2.45. The maximum absolute atomic E-state index is 12.8. The third kappa shape index (κ3) is 3.32. The number of fused-ring (bicyclic) bond motifs is 2. The minimum Gasteiger partial charge on any atom is -0.369 e. The molecule has 0 aromatic carbocycles. The van der Waals surface area contributed by atoms with Crippen molar-refractivity contribution >= 4 is 11.3 Å². The van der Waals surface area contributed by atoms with E-state index in [1.54, 1.807) is 10.7 Å². The van der Waals surface area contributed by atoms with Gasteiger partial charge in [0.1, 0.15) is 5.60 Å². The number of aromatic nitrogens is 3. The molecule has 4 rings (SSSR count). The Morgan fingerprint density at radius 2 is 2.32 bits per heavy atom. The van der Waals surface area contributed by atoms with Crippen LogP contribution in [0.25, 0.3) is 0 Å². The first-order chi connectivity index (χ1) is 11.8. The highest BCUT2D eigenvalue weighted by atomic mass is 32.1. The van der Waals surface area contributed by atoms with Gasteiger partial charge >= 0.3 is 6.18 Å². The monoisotopic (exact) mass is 372 g/mol. The van der Waals surface area contributed by atoms with E-state index in [4.69, 9.17) is 4.74 Å². The molecule has 1 saturated heterocycles. The summed E-state index contributed by atoms with van der Waals surface area (Å²) in [5, 5.41) is 11.6. The van der Waals surface area contributed by atoms with Gasteiger partial charge in [0, 0.05) is 29.4 Å². The number of hydrogen-bond donors (Lipinski definition) is 1. The Balaban J connectivity index is 1.64. The number of aryl methyl sites for hydroxylation is 1. The molecule has 2 aliphatic heterocycles. The van der Waals surface area contributed by atoms with Gasteiger partial charge in [-0.2, -0.15) is 13.2 Å². The van der Waals surface area contributed by atoms with Gasteiger partial charge in [-0.05, 0) is 31.0 Å². The van der Waals surface area contributed by atoms with E-state index in [1.807, 2.05) is 13.2 Å². The van der Waals surface area contributed by atoms with Crippen molar-refractivity contribution < 1.29 is 17.9 Å². The predicted molar refractivity (Wildman–Crippen MR) is 86.4 cm³/mol. The molecule has 1 N–H and O–H groups in total. The lowest BCUT2D eigenvalue weighted by Crippen LogP contribution is -2.45. The molecule has 0 amide bonds. The fourth-order valence-electron chi connectivity index (χ4n) is 3.79. The van der Waals surface area contributed by atoms with Gasteiger partial charge < -0.3 is 10.1 Å². The number of alkyl halides is 3. The van der Waals surface area contributed by atoms with Crippen LogP contribution in [0.5, 0.6) is 0 Å². The fraction of sp³-hybridized carbons (Fsp3) is 0.625. The number of nitrogens with one attached hydrogen (secondary N) is 1. The molecule has 2 aliphatic rings. The normalized spacial score (nSPS) is 26.8. The second kappa shape index (κ2) is 6.07. The van der Waals surface area contributed by atoms with Gasteiger partial charge in [0.05, 0.1) is 24.8 Å². The van der Waals surface area contributed by atoms with Gasteiger partial charge in [-0.15, -0.1) is 16.4 Å². The first-order valence-corrected chi connectivity index (χ1v) is 9.09. The summed E-state index contributed by atoms with van der Waals surface area (Å²) in [7, 11) is 1.81. The van der Waals surface area contributed by atoms with Gasteiger partial charge in [0.15, 0.2) is 0 Å². The van der Waals surface area contributed by atoms with Crippen molar-refractivity contribution in [3.63, 3.8) is 0 Å². The topological polar surface area (TPSA) is 52.0 Å². The standard InChI is InChI=1S/C16H19F3N4OS/c1-23-9-13(21-22-23)12-8-15(3-4-20-12)14-10(2-5-24-15)6-11(25-14)7-16(17,18)19/h6,9,12,20H,2-5,7-8H2,1H3/t12-,15?/m0/s1. The second-order valence-corrected chi connectivity index (χ2v) is 7.87. The van der Waals surface area contributed by atoms with E-state index in [0.717, 1.165) is 29.1 Å². The molecule has 0 saturated carbocycles. The maximum atomic E-state index is 12.8. The fourth-order valence-corrected chi connectivity index (χ4v) is 5.21. The van der Waals surface area contributed by atoms with Crippen molar-refractivity contribution in [2.45, 2.75) is 43.5 Å². The van der Waals surface area contributed by atoms with Crippen LogP contribution in [-0.4, -0.2) is 34.3 Å². The molecule has 0 bridgehead atoms. The van der Waals surface area contributed by atoms with Gasteiger partial charge in [-0.1, -0.05) is 5.21 Å².